The first-order chi connectivity index (χ1) is 24.3. The van der Waals surface area contributed by atoms with Crippen LogP contribution in [-0.2, 0) is 0 Å². The van der Waals surface area contributed by atoms with Gasteiger partial charge in [0.2, 0.25) is 0 Å². The van der Waals surface area contributed by atoms with Crippen LogP contribution >= 0.6 is 11.3 Å². The van der Waals surface area contributed by atoms with Crippen molar-refractivity contribution in [2.45, 2.75) is 0 Å². The maximum absolute atomic E-state index is 5.43. The van der Waals surface area contributed by atoms with Crippen molar-refractivity contribution >= 4 is 77.2 Å². The molecule has 8 aromatic carbocycles. The standard InChI is InChI=1S/C45H31N3S/c1-5-17-33(18-6-1)47(34-19-7-2-8-20-34)37-25-15-16-32(30-37)45-46-43-42-31-38(28-29-40(42)39-26-13-14-27-41(39)44(43)49-45)48(35-21-9-3-10-22-35)36-23-11-4-12-24-36/h1-31H. The van der Waals surface area contributed by atoms with E-state index in [2.05, 4.69) is 198 Å². The van der Waals surface area contributed by atoms with E-state index >= 15 is 0 Å². The first-order valence-corrected chi connectivity index (χ1v) is 17.3. The van der Waals surface area contributed by atoms with E-state index in [-0.39, 0.29) is 0 Å². The Morgan fingerprint density at radius 2 is 0.796 bits per heavy atom. The Morgan fingerprint density at radius 1 is 0.347 bits per heavy atom. The molecule has 0 aliphatic carbocycles. The van der Waals surface area contributed by atoms with Crippen LogP contribution in [-0.4, -0.2) is 4.98 Å². The van der Waals surface area contributed by atoms with Crippen molar-refractivity contribution in [2.75, 3.05) is 9.80 Å². The van der Waals surface area contributed by atoms with Crippen molar-refractivity contribution in [1.82, 2.24) is 4.98 Å². The largest absolute Gasteiger partial charge is 0.310 e. The second-order valence-electron chi connectivity index (χ2n) is 12.0. The monoisotopic (exact) mass is 645 g/mol. The summed E-state index contributed by atoms with van der Waals surface area (Å²) in [4.78, 5) is 10.1. The Morgan fingerprint density at radius 3 is 1.35 bits per heavy atom. The number of hydrogen-bond acceptors (Lipinski definition) is 4. The summed E-state index contributed by atoms with van der Waals surface area (Å²) in [6.07, 6.45) is 0. The topological polar surface area (TPSA) is 19.4 Å². The summed E-state index contributed by atoms with van der Waals surface area (Å²) >= 11 is 1.77. The van der Waals surface area contributed by atoms with Crippen LogP contribution in [0, 0.1) is 0 Å². The van der Waals surface area contributed by atoms with E-state index < -0.39 is 0 Å². The van der Waals surface area contributed by atoms with Gasteiger partial charge in [0.05, 0.1) is 10.2 Å². The molecule has 0 saturated carbocycles. The van der Waals surface area contributed by atoms with Crippen LogP contribution in [0.5, 0.6) is 0 Å². The molecule has 0 atom stereocenters. The predicted octanol–water partition coefficient (Wildman–Crippen LogP) is 13.2. The molecule has 49 heavy (non-hydrogen) atoms. The molecule has 0 aliphatic heterocycles. The Labute approximate surface area is 289 Å². The van der Waals surface area contributed by atoms with Gasteiger partial charge in [-0.2, -0.15) is 0 Å². The van der Waals surface area contributed by atoms with E-state index in [9.17, 15) is 0 Å². The lowest BCUT2D eigenvalue weighted by molar-refractivity contribution is 1.28. The van der Waals surface area contributed by atoms with Gasteiger partial charge in [-0.1, -0.05) is 115 Å². The third-order valence-electron chi connectivity index (χ3n) is 9.01. The minimum Gasteiger partial charge on any atom is -0.310 e. The molecular formula is C45H31N3S. The third-order valence-corrected chi connectivity index (χ3v) is 10.2. The summed E-state index contributed by atoms with van der Waals surface area (Å²) in [7, 11) is 0. The molecule has 9 rings (SSSR count). The molecule has 0 radical (unpaired) electrons. The van der Waals surface area contributed by atoms with Gasteiger partial charge in [0.25, 0.3) is 0 Å². The minimum atomic E-state index is 1.00. The molecule has 0 aliphatic rings. The predicted molar refractivity (Wildman–Crippen MR) is 209 cm³/mol. The number of anilines is 6. The van der Waals surface area contributed by atoms with Crippen LogP contribution in [0.1, 0.15) is 0 Å². The van der Waals surface area contributed by atoms with Crippen molar-refractivity contribution in [1.29, 1.82) is 0 Å². The molecule has 9 aromatic rings. The van der Waals surface area contributed by atoms with Crippen molar-refractivity contribution in [3.63, 3.8) is 0 Å². The van der Waals surface area contributed by atoms with Crippen LogP contribution in [0.4, 0.5) is 34.1 Å². The van der Waals surface area contributed by atoms with E-state index in [1.807, 2.05) is 0 Å². The second-order valence-corrected chi connectivity index (χ2v) is 13.0. The highest BCUT2D eigenvalue weighted by Gasteiger charge is 2.19. The number of fused-ring (bicyclic) bond motifs is 6. The Hall–Kier alpha value is -6.23. The highest BCUT2D eigenvalue weighted by atomic mass is 32.1. The van der Waals surface area contributed by atoms with E-state index in [0.29, 0.717) is 0 Å². The lowest BCUT2D eigenvalue weighted by Gasteiger charge is -2.26. The number of rotatable bonds is 7. The van der Waals surface area contributed by atoms with E-state index in [4.69, 9.17) is 4.98 Å². The van der Waals surface area contributed by atoms with Crippen LogP contribution in [0.15, 0.2) is 188 Å². The Kier molecular flexibility index (Phi) is 7.34. The van der Waals surface area contributed by atoms with Gasteiger partial charge in [-0.25, -0.2) is 4.98 Å². The summed E-state index contributed by atoms with van der Waals surface area (Å²) in [5, 5.41) is 5.83. The normalized spacial score (nSPS) is 11.3. The molecule has 0 fully saturated rings. The van der Waals surface area contributed by atoms with Crippen molar-refractivity contribution in [3.05, 3.63) is 188 Å². The van der Waals surface area contributed by atoms with Crippen LogP contribution in [0.2, 0.25) is 0 Å². The second kappa shape index (κ2) is 12.4. The van der Waals surface area contributed by atoms with Crippen molar-refractivity contribution in [3.8, 4) is 10.6 Å². The highest BCUT2D eigenvalue weighted by Crippen LogP contribution is 2.44. The van der Waals surface area contributed by atoms with Crippen LogP contribution in [0.3, 0.4) is 0 Å². The van der Waals surface area contributed by atoms with E-state index in [0.717, 1.165) is 55.6 Å². The lowest BCUT2D eigenvalue weighted by atomic mass is 10.00. The zero-order valence-corrected chi connectivity index (χ0v) is 27.5. The zero-order valence-electron chi connectivity index (χ0n) is 26.6. The molecule has 0 N–H and O–H groups in total. The molecule has 0 spiro atoms. The Bertz CT molecular complexity index is 2470. The third kappa shape index (κ3) is 5.29. The average Bonchev–Trinajstić information content (AvgIpc) is 3.64. The van der Waals surface area contributed by atoms with Gasteiger partial charge in [0.15, 0.2) is 0 Å². The van der Waals surface area contributed by atoms with Gasteiger partial charge in [0.1, 0.15) is 5.01 Å². The summed E-state index contributed by atoms with van der Waals surface area (Å²) in [5.74, 6) is 0. The summed E-state index contributed by atoms with van der Waals surface area (Å²) < 4.78 is 1.20. The first kappa shape index (κ1) is 29.0. The molecule has 0 unspecified atom stereocenters. The van der Waals surface area contributed by atoms with Gasteiger partial charge in [-0.15, -0.1) is 11.3 Å². The van der Waals surface area contributed by atoms with Crippen molar-refractivity contribution < 1.29 is 0 Å². The number of thiazole rings is 1. The SMILES string of the molecule is c1ccc(N(c2ccccc2)c2cccc(-c3nc4c5cc(N(c6ccccc6)c6ccccc6)ccc5c5ccccc5c4s3)c2)cc1. The number of para-hydroxylation sites is 4. The molecule has 4 heteroatoms. The molecule has 0 amide bonds. The summed E-state index contributed by atoms with van der Waals surface area (Å²) in [5.41, 5.74) is 8.77. The van der Waals surface area contributed by atoms with Crippen LogP contribution in [0.25, 0.3) is 42.3 Å². The maximum Gasteiger partial charge on any atom is 0.124 e. The van der Waals surface area contributed by atoms with Gasteiger partial charge in [0, 0.05) is 50.5 Å². The Balaban J connectivity index is 1.24. The molecule has 0 bridgehead atoms. The minimum absolute atomic E-state index is 1.00. The molecule has 0 saturated heterocycles. The van der Waals surface area contributed by atoms with E-state index in [1.54, 1.807) is 11.3 Å². The molecule has 3 nitrogen and oxygen atoms in total. The molecule has 1 aromatic heterocycles. The average molecular weight is 646 g/mol. The smallest absolute Gasteiger partial charge is 0.124 e. The molecular weight excluding hydrogens is 615 g/mol. The zero-order chi connectivity index (χ0) is 32.6. The van der Waals surface area contributed by atoms with Crippen LogP contribution < -0.4 is 9.80 Å². The summed E-state index contributed by atoms with van der Waals surface area (Å²) in [6, 6.07) is 66.5. The number of nitrogens with zero attached hydrogens (tertiary/aromatic N) is 3. The van der Waals surface area contributed by atoms with Gasteiger partial charge in [-0.05, 0) is 83.6 Å². The first-order valence-electron chi connectivity index (χ1n) is 16.5. The number of aromatic nitrogens is 1. The summed E-state index contributed by atoms with van der Waals surface area (Å²) in [6.45, 7) is 0. The fourth-order valence-electron chi connectivity index (χ4n) is 6.81. The van der Waals surface area contributed by atoms with Gasteiger partial charge < -0.3 is 9.80 Å². The quantitative estimate of drug-likeness (QED) is 0.161. The molecule has 1 heterocycles. The van der Waals surface area contributed by atoms with Gasteiger partial charge in [-0.3, -0.25) is 0 Å². The van der Waals surface area contributed by atoms with Gasteiger partial charge >= 0.3 is 0 Å². The lowest BCUT2D eigenvalue weighted by Crippen LogP contribution is -2.09. The fraction of sp³-hybridized carbons (Fsp3) is 0. The number of benzene rings is 8. The fourth-order valence-corrected chi connectivity index (χ4v) is 7.92. The van der Waals surface area contributed by atoms with E-state index in [1.165, 1.54) is 20.9 Å². The molecule has 232 valence electrons. The highest BCUT2D eigenvalue weighted by molar-refractivity contribution is 7.22. The van der Waals surface area contributed by atoms with Crippen molar-refractivity contribution in [2.24, 2.45) is 0 Å². The number of hydrogen-bond donors (Lipinski definition) is 0. The maximum atomic E-state index is 5.43.